The number of carbonyl (C=O) groups is 1. The minimum atomic E-state index is -0.0666. The topological polar surface area (TPSA) is 45.5 Å². The van der Waals surface area contributed by atoms with E-state index in [9.17, 15) is 4.79 Å². The highest BCUT2D eigenvalue weighted by Crippen LogP contribution is 2.22. The van der Waals surface area contributed by atoms with Gasteiger partial charge in [0, 0.05) is 19.2 Å². The van der Waals surface area contributed by atoms with E-state index in [1.807, 2.05) is 11.0 Å². The first kappa shape index (κ1) is 13.7. The van der Waals surface area contributed by atoms with Crippen LogP contribution >= 0.6 is 0 Å². The van der Waals surface area contributed by atoms with E-state index < -0.39 is 0 Å². The van der Waals surface area contributed by atoms with Gasteiger partial charge in [-0.15, -0.1) is 0 Å². The third-order valence-corrected chi connectivity index (χ3v) is 4.02. The van der Waals surface area contributed by atoms with E-state index in [0.717, 1.165) is 32.4 Å². The van der Waals surface area contributed by atoms with E-state index in [-0.39, 0.29) is 6.03 Å². The molecule has 1 aromatic heterocycles. The van der Waals surface area contributed by atoms with Gasteiger partial charge >= 0.3 is 6.03 Å². The van der Waals surface area contributed by atoms with E-state index in [4.69, 9.17) is 4.42 Å². The Bertz CT molecular complexity index is 558. The van der Waals surface area contributed by atoms with Crippen molar-refractivity contribution in [1.82, 2.24) is 4.90 Å². The molecule has 1 aliphatic rings. The molecule has 0 spiro atoms. The van der Waals surface area contributed by atoms with Crippen molar-refractivity contribution in [3.63, 3.8) is 0 Å². The second-order valence-electron chi connectivity index (χ2n) is 5.53. The zero-order chi connectivity index (χ0) is 14.5. The Morgan fingerprint density at radius 1 is 1.14 bits per heavy atom. The number of carbonyl (C=O) groups excluding carboxylic acids is 1. The van der Waals surface area contributed by atoms with E-state index in [2.05, 4.69) is 29.6 Å². The van der Waals surface area contributed by atoms with Crippen LogP contribution in [-0.4, -0.2) is 24.0 Å². The van der Waals surface area contributed by atoms with Crippen LogP contribution in [0.5, 0.6) is 0 Å². The standard InChI is InChI=1S/C17H20N2O2/c20-17(18-16-7-4-12-21-16)19-10-8-15(9-11-19)13-14-5-2-1-3-6-14/h1-7,12,15H,8-11,13H2,(H,18,20). The van der Waals surface area contributed by atoms with Crippen LogP contribution in [0.1, 0.15) is 18.4 Å². The van der Waals surface area contributed by atoms with Gasteiger partial charge in [-0.05, 0) is 36.8 Å². The van der Waals surface area contributed by atoms with Gasteiger partial charge in [-0.1, -0.05) is 30.3 Å². The minimum Gasteiger partial charge on any atom is -0.449 e. The maximum Gasteiger partial charge on any atom is 0.324 e. The summed E-state index contributed by atoms with van der Waals surface area (Å²) in [5.41, 5.74) is 1.39. The summed E-state index contributed by atoms with van der Waals surface area (Å²) in [5, 5.41) is 2.78. The van der Waals surface area contributed by atoms with Crippen molar-refractivity contribution in [3.05, 3.63) is 54.3 Å². The lowest BCUT2D eigenvalue weighted by molar-refractivity contribution is 0.182. The summed E-state index contributed by atoms with van der Waals surface area (Å²) in [7, 11) is 0. The molecular weight excluding hydrogens is 264 g/mol. The van der Waals surface area contributed by atoms with Crippen LogP contribution in [0.25, 0.3) is 0 Å². The van der Waals surface area contributed by atoms with Gasteiger partial charge in [0.2, 0.25) is 5.88 Å². The number of furan rings is 1. The molecule has 1 aliphatic heterocycles. The molecule has 2 amide bonds. The molecule has 1 aromatic carbocycles. The third kappa shape index (κ3) is 3.66. The van der Waals surface area contributed by atoms with Crippen LogP contribution in [0.2, 0.25) is 0 Å². The second kappa shape index (κ2) is 6.48. The van der Waals surface area contributed by atoms with Gasteiger partial charge in [-0.25, -0.2) is 4.79 Å². The van der Waals surface area contributed by atoms with E-state index >= 15 is 0 Å². The average molecular weight is 284 g/mol. The lowest BCUT2D eigenvalue weighted by Crippen LogP contribution is -2.41. The van der Waals surface area contributed by atoms with Crippen molar-refractivity contribution < 1.29 is 9.21 Å². The number of hydrogen-bond acceptors (Lipinski definition) is 2. The fourth-order valence-electron chi connectivity index (χ4n) is 2.82. The Hall–Kier alpha value is -2.23. The average Bonchev–Trinajstić information content (AvgIpc) is 3.02. The highest BCUT2D eigenvalue weighted by atomic mass is 16.3. The van der Waals surface area contributed by atoms with Gasteiger partial charge in [-0.3, -0.25) is 5.32 Å². The normalized spacial score (nSPS) is 15.9. The largest absolute Gasteiger partial charge is 0.449 e. The Morgan fingerprint density at radius 3 is 2.57 bits per heavy atom. The number of likely N-dealkylation sites (tertiary alicyclic amines) is 1. The number of hydrogen-bond donors (Lipinski definition) is 1. The number of benzene rings is 1. The van der Waals surface area contributed by atoms with Crippen LogP contribution < -0.4 is 5.32 Å². The molecule has 2 heterocycles. The number of piperidine rings is 1. The molecule has 2 aromatic rings. The Morgan fingerprint density at radius 2 is 1.90 bits per heavy atom. The highest BCUT2D eigenvalue weighted by Gasteiger charge is 2.23. The summed E-state index contributed by atoms with van der Waals surface area (Å²) < 4.78 is 5.14. The first-order chi connectivity index (χ1) is 10.3. The minimum absolute atomic E-state index is 0.0666. The lowest BCUT2D eigenvalue weighted by Gasteiger charge is -2.31. The second-order valence-corrected chi connectivity index (χ2v) is 5.53. The van der Waals surface area contributed by atoms with Gasteiger partial charge in [0.05, 0.1) is 6.26 Å². The molecule has 0 atom stereocenters. The van der Waals surface area contributed by atoms with E-state index in [1.165, 1.54) is 5.56 Å². The molecule has 0 bridgehead atoms. The zero-order valence-electron chi connectivity index (χ0n) is 12.0. The quantitative estimate of drug-likeness (QED) is 0.932. The molecule has 21 heavy (non-hydrogen) atoms. The van der Waals surface area contributed by atoms with Gasteiger partial charge in [0.25, 0.3) is 0 Å². The van der Waals surface area contributed by atoms with Gasteiger partial charge in [-0.2, -0.15) is 0 Å². The Balaban J connectivity index is 1.47. The number of rotatable bonds is 3. The molecule has 0 aliphatic carbocycles. The summed E-state index contributed by atoms with van der Waals surface area (Å²) >= 11 is 0. The maximum absolute atomic E-state index is 12.1. The fourth-order valence-corrected chi connectivity index (χ4v) is 2.82. The molecule has 4 heteroatoms. The predicted octanol–water partition coefficient (Wildman–Crippen LogP) is 3.77. The smallest absolute Gasteiger partial charge is 0.324 e. The fraction of sp³-hybridized carbons (Fsp3) is 0.353. The molecule has 1 N–H and O–H groups in total. The summed E-state index contributed by atoms with van der Waals surface area (Å²) in [5.74, 6) is 1.17. The maximum atomic E-state index is 12.1. The molecule has 4 nitrogen and oxygen atoms in total. The molecule has 110 valence electrons. The van der Waals surface area contributed by atoms with Gasteiger partial charge in [0.15, 0.2) is 0 Å². The third-order valence-electron chi connectivity index (χ3n) is 4.02. The van der Waals surface area contributed by atoms with Gasteiger partial charge in [0.1, 0.15) is 0 Å². The molecule has 0 saturated carbocycles. The summed E-state index contributed by atoms with van der Waals surface area (Å²) in [6.07, 6.45) is 4.77. The van der Waals surface area contributed by atoms with Gasteiger partial charge < -0.3 is 9.32 Å². The van der Waals surface area contributed by atoms with Crippen molar-refractivity contribution in [2.24, 2.45) is 5.92 Å². The highest BCUT2D eigenvalue weighted by molar-refractivity contribution is 5.87. The van der Waals surface area contributed by atoms with Crippen LogP contribution in [0.15, 0.2) is 53.1 Å². The molecule has 3 rings (SSSR count). The van der Waals surface area contributed by atoms with Crippen molar-refractivity contribution >= 4 is 11.9 Å². The van der Waals surface area contributed by atoms with Crippen molar-refractivity contribution in [1.29, 1.82) is 0 Å². The number of nitrogens with zero attached hydrogens (tertiary/aromatic N) is 1. The van der Waals surface area contributed by atoms with Crippen LogP contribution in [-0.2, 0) is 6.42 Å². The molecular formula is C17H20N2O2. The Kier molecular flexibility index (Phi) is 4.24. The lowest BCUT2D eigenvalue weighted by atomic mass is 9.90. The zero-order valence-corrected chi connectivity index (χ0v) is 12.0. The summed E-state index contributed by atoms with van der Waals surface area (Å²) in [6.45, 7) is 1.62. The predicted molar refractivity (Wildman–Crippen MR) is 82.2 cm³/mol. The molecule has 1 fully saturated rings. The molecule has 0 unspecified atom stereocenters. The molecule has 0 radical (unpaired) electrons. The van der Waals surface area contributed by atoms with E-state index in [1.54, 1.807) is 18.4 Å². The van der Waals surface area contributed by atoms with Crippen molar-refractivity contribution in [2.75, 3.05) is 18.4 Å². The Labute approximate surface area is 124 Å². The SMILES string of the molecule is O=C(Nc1ccco1)N1CCC(Cc2ccccc2)CC1. The van der Waals surface area contributed by atoms with E-state index in [0.29, 0.717) is 11.8 Å². The summed E-state index contributed by atoms with van der Waals surface area (Å²) in [4.78, 5) is 14.0. The van der Waals surface area contributed by atoms with Crippen LogP contribution in [0.3, 0.4) is 0 Å². The number of amides is 2. The number of anilines is 1. The van der Waals surface area contributed by atoms with Crippen LogP contribution in [0.4, 0.5) is 10.7 Å². The summed E-state index contributed by atoms with van der Waals surface area (Å²) in [6, 6.07) is 14.0. The van der Waals surface area contributed by atoms with Crippen molar-refractivity contribution in [3.8, 4) is 0 Å². The number of urea groups is 1. The first-order valence-corrected chi connectivity index (χ1v) is 7.44. The van der Waals surface area contributed by atoms with Crippen LogP contribution in [0, 0.1) is 5.92 Å². The first-order valence-electron chi connectivity index (χ1n) is 7.44. The molecule has 1 saturated heterocycles. The number of nitrogens with one attached hydrogen (secondary N) is 1. The monoisotopic (exact) mass is 284 g/mol. The van der Waals surface area contributed by atoms with Crippen molar-refractivity contribution in [2.45, 2.75) is 19.3 Å².